The van der Waals surface area contributed by atoms with E-state index < -0.39 is 11.8 Å². The number of hydrogen-bond donors (Lipinski definition) is 1. The molecule has 0 bridgehead atoms. The average molecular weight is 250 g/mol. The van der Waals surface area contributed by atoms with E-state index in [9.17, 15) is 9.18 Å². The number of aryl methyl sites for hydroxylation is 1. The van der Waals surface area contributed by atoms with Crippen LogP contribution < -0.4 is 5.73 Å². The van der Waals surface area contributed by atoms with Gasteiger partial charge in [-0.1, -0.05) is 5.21 Å². The van der Waals surface area contributed by atoms with Crippen LogP contribution in [0.3, 0.4) is 0 Å². The minimum absolute atomic E-state index is 0.0590. The van der Waals surface area contributed by atoms with Gasteiger partial charge in [-0.05, 0) is 18.2 Å². The van der Waals surface area contributed by atoms with Crippen molar-refractivity contribution in [2.45, 2.75) is 6.61 Å². The van der Waals surface area contributed by atoms with Gasteiger partial charge in [-0.15, -0.1) is 5.10 Å². The van der Waals surface area contributed by atoms with Gasteiger partial charge in [-0.3, -0.25) is 4.68 Å². The van der Waals surface area contributed by atoms with Crippen LogP contribution in [0.25, 0.3) is 0 Å². The summed E-state index contributed by atoms with van der Waals surface area (Å²) in [4.78, 5) is 11.6. The molecule has 0 aliphatic carbocycles. The van der Waals surface area contributed by atoms with E-state index in [1.807, 2.05) is 0 Å². The van der Waals surface area contributed by atoms with Crippen LogP contribution in [-0.4, -0.2) is 21.0 Å². The van der Waals surface area contributed by atoms with E-state index >= 15 is 0 Å². The number of aromatic nitrogens is 3. The molecule has 18 heavy (non-hydrogen) atoms. The van der Waals surface area contributed by atoms with Crippen molar-refractivity contribution in [1.29, 1.82) is 0 Å². The van der Waals surface area contributed by atoms with Crippen molar-refractivity contribution in [1.82, 2.24) is 15.0 Å². The Morgan fingerprint density at radius 2 is 2.33 bits per heavy atom. The number of nitrogens with zero attached hydrogens (tertiary/aromatic N) is 3. The summed E-state index contributed by atoms with van der Waals surface area (Å²) >= 11 is 0. The topological polar surface area (TPSA) is 83.0 Å². The second-order valence-electron chi connectivity index (χ2n) is 3.70. The Morgan fingerprint density at radius 3 is 2.94 bits per heavy atom. The first-order valence-corrected chi connectivity index (χ1v) is 5.13. The van der Waals surface area contributed by atoms with Crippen LogP contribution in [-0.2, 0) is 18.4 Å². The van der Waals surface area contributed by atoms with Crippen molar-refractivity contribution in [2.24, 2.45) is 7.05 Å². The van der Waals surface area contributed by atoms with E-state index in [0.717, 1.165) is 6.07 Å². The molecule has 94 valence electrons. The van der Waals surface area contributed by atoms with E-state index in [-0.39, 0.29) is 17.9 Å². The van der Waals surface area contributed by atoms with Crippen molar-refractivity contribution in [3.05, 3.63) is 41.5 Å². The summed E-state index contributed by atoms with van der Waals surface area (Å²) in [5, 5.41) is 7.42. The molecule has 0 atom stereocenters. The number of esters is 1. The van der Waals surface area contributed by atoms with E-state index in [2.05, 4.69) is 10.3 Å². The number of halogens is 1. The molecule has 0 unspecified atom stereocenters. The highest BCUT2D eigenvalue weighted by molar-refractivity contribution is 5.90. The summed E-state index contributed by atoms with van der Waals surface area (Å²) in [5.74, 6) is -1.47. The maximum atomic E-state index is 13.4. The van der Waals surface area contributed by atoms with Gasteiger partial charge in [0.05, 0.1) is 11.8 Å². The Hall–Kier alpha value is -2.44. The quantitative estimate of drug-likeness (QED) is 0.646. The molecule has 2 N–H and O–H groups in total. The Morgan fingerprint density at radius 1 is 1.56 bits per heavy atom. The van der Waals surface area contributed by atoms with Gasteiger partial charge in [0.15, 0.2) is 0 Å². The molecule has 0 aliphatic heterocycles. The van der Waals surface area contributed by atoms with E-state index in [4.69, 9.17) is 10.5 Å². The molecule has 2 aromatic rings. The lowest BCUT2D eigenvalue weighted by Gasteiger charge is -2.04. The fourth-order valence-corrected chi connectivity index (χ4v) is 1.38. The molecule has 0 fully saturated rings. The third kappa shape index (κ3) is 2.62. The lowest BCUT2D eigenvalue weighted by atomic mass is 10.2. The number of nitrogens with two attached hydrogens (primary N) is 1. The fraction of sp³-hybridized carbons (Fsp3) is 0.182. The summed E-state index contributed by atoms with van der Waals surface area (Å²) < 4.78 is 19.8. The molecule has 1 aromatic carbocycles. The van der Waals surface area contributed by atoms with Crippen molar-refractivity contribution in [3.63, 3.8) is 0 Å². The van der Waals surface area contributed by atoms with Crippen molar-refractivity contribution >= 4 is 11.7 Å². The smallest absolute Gasteiger partial charge is 0.341 e. The molecule has 0 spiro atoms. The maximum absolute atomic E-state index is 13.4. The van der Waals surface area contributed by atoms with E-state index in [0.29, 0.717) is 5.69 Å². The SMILES string of the molecule is Cn1cc(COC(=O)c2ccc(N)cc2F)nn1. The molecule has 0 saturated heterocycles. The number of rotatable bonds is 3. The Bertz CT molecular complexity index is 582. The van der Waals surface area contributed by atoms with Crippen LogP contribution in [0.15, 0.2) is 24.4 Å². The second-order valence-corrected chi connectivity index (χ2v) is 3.70. The summed E-state index contributed by atoms with van der Waals surface area (Å²) in [6, 6.07) is 3.78. The van der Waals surface area contributed by atoms with Gasteiger partial charge < -0.3 is 10.5 Å². The predicted octanol–water partition coefficient (Wildman–Crippen LogP) is 0.893. The predicted molar refractivity (Wildman–Crippen MR) is 60.9 cm³/mol. The number of carbonyl (C=O) groups excluding carboxylic acids is 1. The molecule has 0 saturated carbocycles. The summed E-state index contributed by atoms with van der Waals surface area (Å²) in [6.45, 7) is -0.0590. The number of ether oxygens (including phenoxy) is 1. The fourth-order valence-electron chi connectivity index (χ4n) is 1.38. The number of hydrogen-bond acceptors (Lipinski definition) is 5. The highest BCUT2D eigenvalue weighted by Crippen LogP contribution is 2.13. The summed E-state index contributed by atoms with van der Waals surface area (Å²) in [6.07, 6.45) is 1.60. The van der Waals surface area contributed by atoms with Gasteiger partial charge in [0.2, 0.25) is 0 Å². The maximum Gasteiger partial charge on any atom is 0.341 e. The first-order valence-electron chi connectivity index (χ1n) is 5.13. The largest absolute Gasteiger partial charge is 0.455 e. The number of nitrogen functional groups attached to an aromatic ring is 1. The zero-order valence-corrected chi connectivity index (χ0v) is 9.63. The standard InChI is InChI=1S/C11H11FN4O2/c1-16-5-8(14-15-16)6-18-11(17)9-3-2-7(13)4-10(9)12/h2-5H,6,13H2,1H3. The van der Waals surface area contributed by atoms with E-state index in [1.54, 1.807) is 13.2 Å². The second kappa shape index (κ2) is 4.82. The van der Waals surface area contributed by atoms with Crippen LogP contribution >= 0.6 is 0 Å². The average Bonchev–Trinajstić information content (AvgIpc) is 2.72. The lowest BCUT2D eigenvalue weighted by molar-refractivity contribution is 0.0462. The third-order valence-electron chi connectivity index (χ3n) is 2.21. The van der Waals surface area contributed by atoms with Gasteiger partial charge in [-0.25, -0.2) is 9.18 Å². The molecular formula is C11H11FN4O2. The summed E-state index contributed by atoms with van der Waals surface area (Å²) in [5.41, 5.74) is 5.96. The first-order chi connectivity index (χ1) is 8.56. The Balaban J connectivity index is 2.03. The van der Waals surface area contributed by atoms with Gasteiger partial charge in [0.25, 0.3) is 0 Å². The zero-order chi connectivity index (χ0) is 13.1. The molecule has 1 heterocycles. The minimum Gasteiger partial charge on any atom is -0.455 e. The van der Waals surface area contributed by atoms with Gasteiger partial charge in [0.1, 0.15) is 18.1 Å². The molecule has 0 aliphatic rings. The van der Waals surface area contributed by atoms with Crippen LogP contribution in [0.2, 0.25) is 0 Å². The van der Waals surface area contributed by atoms with Crippen LogP contribution in [0.1, 0.15) is 16.1 Å². The normalized spacial score (nSPS) is 10.3. The molecule has 0 amide bonds. The number of anilines is 1. The van der Waals surface area contributed by atoms with Crippen molar-refractivity contribution < 1.29 is 13.9 Å². The molecule has 7 heteroatoms. The monoisotopic (exact) mass is 250 g/mol. The zero-order valence-electron chi connectivity index (χ0n) is 9.63. The highest BCUT2D eigenvalue weighted by Gasteiger charge is 2.14. The van der Waals surface area contributed by atoms with Crippen LogP contribution in [0.5, 0.6) is 0 Å². The number of carbonyl (C=O) groups is 1. The Kier molecular flexibility index (Phi) is 3.22. The number of benzene rings is 1. The molecule has 0 radical (unpaired) electrons. The van der Waals surface area contributed by atoms with Crippen LogP contribution in [0, 0.1) is 5.82 Å². The van der Waals surface area contributed by atoms with Gasteiger partial charge in [0, 0.05) is 12.7 Å². The van der Waals surface area contributed by atoms with E-state index in [1.165, 1.54) is 16.8 Å². The third-order valence-corrected chi connectivity index (χ3v) is 2.21. The lowest BCUT2D eigenvalue weighted by Crippen LogP contribution is -2.08. The molecule has 2 rings (SSSR count). The molecule has 1 aromatic heterocycles. The minimum atomic E-state index is -0.766. The van der Waals surface area contributed by atoms with Crippen molar-refractivity contribution in [2.75, 3.05) is 5.73 Å². The summed E-state index contributed by atoms with van der Waals surface area (Å²) in [7, 11) is 1.69. The van der Waals surface area contributed by atoms with Gasteiger partial charge >= 0.3 is 5.97 Å². The highest BCUT2D eigenvalue weighted by atomic mass is 19.1. The molecule has 6 nitrogen and oxygen atoms in total. The Labute approximate surface area is 102 Å². The van der Waals surface area contributed by atoms with Gasteiger partial charge in [-0.2, -0.15) is 0 Å². The van der Waals surface area contributed by atoms with Crippen LogP contribution in [0.4, 0.5) is 10.1 Å². The van der Waals surface area contributed by atoms with Crippen molar-refractivity contribution in [3.8, 4) is 0 Å². The first kappa shape index (κ1) is 12.0. The molecular weight excluding hydrogens is 239 g/mol.